The standard InChI is InChI=1S/C19H19ClN2O3S2/c20-15-6-8-16(9-7-15)22-18(23)14-26-19(22)10-12-21(13-11-19)27(24,25)17-4-2-1-3-5-17/h1-9H,10-14H2. The summed E-state index contributed by atoms with van der Waals surface area (Å²) in [5, 5.41) is 0.621. The van der Waals surface area contributed by atoms with Crippen LogP contribution in [-0.4, -0.2) is 42.3 Å². The van der Waals surface area contributed by atoms with Gasteiger partial charge in [-0.2, -0.15) is 4.31 Å². The van der Waals surface area contributed by atoms with Gasteiger partial charge < -0.3 is 0 Å². The maximum atomic E-state index is 12.9. The van der Waals surface area contributed by atoms with Crippen LogP contribution in [0.2, 0.25) is 5.02 Å². The van der Waals surface area contributed by atoms with Crippen molar-refractivity contribution in [1.82, 2.24) is 4.31 Å². The summed E-state index contributed by atoms with van der Waals surface area (Å²) in [5.74, 6) is 0.468. The van der Waals surface area contributed by atoms with Crippen molar-refractivity contribution in [3.63, 3.8) is 0 Å². The summed E-state index contributed by atoms with van der Waals surface area (Å²) in [5.41, 5.74) is 0.814. The van der Waals surface area contributed by atoms with Gasteiger partial charge in [-0.15, -0.1) is 11.8 Å². The van der Waals surface area contributed by atoms with Gasteiger partial charge in [-0.1, -0.05) is 29.8 Å². The quantitative estimate of drug-likeness (QED) is 0.758. The number of rotatable bonds is 3. The molecule has 0 radical (unpaired) electrons. The van der Waals surface area contributed by atoms with E-state index in [0.29, 0.717) is 41.6 Å². The molecule has 1 amide bonds. The van der Waals surface area contributed by atoms with E-state index >= 15 is 0 Å². The molecule has 0 saturated carbocycles. The number of nitrogens with zero attached hydrogens (tertiary/aromatic N) is 2. The Morgan fingerprint density at radius 1 is 0.963 bits per heavy atom. The van der Waals surface area contributed by atoms with Crippen molar-refractivity contribution < 1.29 is 13.2 Å². The van der Waals surface area contributed by atoms with Gasteiger partial charge in [-0.05, 0) is 49.2 Å². The largest absolute Gasteiger partial charge is 0.296 e. The van der Waals surface area contributed by atoms with E-state index in [9.17, 15) is 13.2 Å². The average molecular weight is 423 g/mol. The average Bonchev–Trinajstić information content (AvgIpc) is 2.99. The number of hydrogen-bond acceptors (Lipinski definition) is 4. The molecule has 0 bridgehead atoms. The first-order valence-corrected chi connectivity index (χ1v) is 11.5. The van der Waals surface area contributed by atoms with Crippen molar-refractivity contribution in [1.29, 1.82) is 0 Å². The van der Waals surface area contributed by atoms with Crippen LogP contribution >= 0.6 is 23.4 Å². The van der Waals surface area contributed by atoms with Gasteiger partial charge in [0, 0.05) is 23.8 Å². The smallest absolute Gasteiger partial charge is 0.243 e. The second kappa shape index (κ2) is 7.13. The van der Waals surface area contributed by atoms with Crippen LogP contribution in [0.5, 0.6) is 0 Å². The minimum absolute atomic E-state index is 0.0571. The maximum Gasteiger partial charge on any atom is 0.243 e. The van der Waals surface area contributed by atoms with Crippen LogP contribution in [0.25, 0.3) is 0 Å². The lowest BCUT2D eigenvalue weighted by atomic mass is 10.0. The van der Waals surface area contributed by atoms with Gasteiger partial charge in [0.2, 0.25) is 15.9 Å². The predicted octanol–water partition coefficient (Wildman–Crippen LogP) is 3.60. The minimum Gasteiger partial charge on any atom is -0.296 e. The Bertz CT molecular complexity index is 941. The SMILES string of the molecule is O=C1CSC2(CCN(S(=O)(=O)c3ccccc3)CC2)N1c1ccc(Cl)cc1. The molecule has 5 nitrogen and oxygen atoms in total. The van der Waals surface area contributed by atoms with Crippen molar-refractivity contribution in [3.8, 4) is 0 Å². The van der Waals surface area contributed by atoms with E-state index in [1.807, 2.05) is 17.0 Å². The fourth-order valence-electron chi connectivity index (χ4n) is 3.71. The molecule has 2 aromatic rings. The molecule has 0 unspecified atom stereocenters. The van der Waals surface area contributed by atoms with Crippen LogP contribution < -0.4 is 4.90 Å². The molecular formula is C19H19ClN2O3S2. The monoisotopic (exact) mass is 422 g/mol. The third-order valence-corrected chi connectivity index (χ3v) is 8.78. The van der Waals surface area contributed by atoms with Gasteiger partial charge in [-0.25, -0.2) is 8.42 Å². The van der Waals surface area contributed by atoms with E-state index in [2.05, 4.69) is 0 Å². The van der Waals surface area contributed by atoms with Crippen LogP contribution in [0.3, 0.4) is 0 Å². The highest BCUT2D eigenvalue weighted by atomic mass is 35.5. The summed E-state index contributed by atoms with van der Waals surface area (Å²) < 4.78 is 27.3. The Labute approximate surface area is 168 Å². The third-order valence-electron chi connectivity index (χ3n) is 5.09. The first kappa shape index (κ1) is 18.8. The number of carbonyl (C=O) groups excluding carboxylic acids is 1. The summed E-state index contributed by atoms with van der Waals surface area (Å²) in [4.78, 5) is 14.3. The number of anilines is 1. The number of sulfonamides is 1. The van der Waals surface area contributed by atoms with Crippen LogP contribution in [-0.2, 0) is 14.8 Å². The summed E-state index contributed by atoms with van der Waals surface area (Å²) in [6, 6.07) is 15.7. The van der Waals surface area contributed by atoms with Gasteiger partial charge in [0.05, 0.1) is 15.5 Å². The number of hydrogen-bond donors (Lipinski definition) is 0. The Balaban J connectivity index is 1.57. The zero-order chi connectivity index (χ0) is 19.1. The molecule has 27 heavy (non-hydrogen) atoms. The number of halogens is 1. The van der Waals surface area contributed by atoms with Crippen LogP contribution in [0.1, 0.15) is 12.8 Å². The summed E-state index contributed by atoms with van der Waals surface area (Å²) in [7, 11) is -3.51. The van der Waals surface area contributed by atoms with Crippen molar-refractivity contribution >= 4 is 45.0 Å². The third kappa shape index (κ3) is 3.38. The number of thioether (sulfide) groups is 1. The Hall–Kier alpha value is -1.54. The Kier molecular flexibility index (Phi) is 4.96. The van der Waals surface area contributed by atoms with Crippen LogP contribution in [0.15, 0.2) is 59.5 Å². The van der Waals surface area contributed by atoms with Gasteiger partial charge in [-0.3, -0.25) is 9.69 Å². The highest BCUT2D eigenvalue weighted by Gasteiger charge is 2.49. The summed E-state index contributed by atoms with van der Waals surface area (Å²) in [6.45, 7) is 0.781. The summed E-state index contributed by atoms with van der Waals surface area (Å²) in [6.07, 6.45) is 1.19. The first-order chi connectivity index (χ1) is 12.9. The fourth-order valence-corrected chi connectivity index (χ4v) is 6.62. The topological polar surface area (TPSA) is 57.7 Å². The van der Waals surface area contributed by atoms with Crippen LogP contribution in [0, 0.1) is 0 Å². The van der Waals surface area contributed by atoms with Gasteiger partial charge in [0.15, 0.2) is 0 Å². The minimum atomic E-state index is -3.51. The van der Waals surface area contributed by atoms with E-state index < -0.39 is 14.9 Å². The van der Waals surface area contributed by atoms with Crippen molar-refractivity contribution in [2.75, 3.05) is 23.7 Å². The molecule has 2 fully saturated rings. The highest BCUT2D eigenvalue weighted by Crippen LogP contribution is 2.47. The molecular weight excluding hydrogens is 404 g/mol. The molecule has 2 aliphatic rings. The lowest BCUT2D eigenvalue weighted by Gasteiger charge is -2.43. The summed E-state index contributed by atoms with van der Waals surface area (Å²) >= 11 is 7.59. The molecule has 2 aromatic carbocycles. The number of benzene rings is 2. The van der Waals surface area contributed by atoms with Gasteiger partial charge in [0.1, 0.15) is 0 Å². The number of carbonyl (C=O) groups is 1. The van der Waals surface area contributed by atoms with Crippen molar-refractivity contribution in [3.05, 3.63) is 59.6 Å². The predicted molar refractivity (Wildman–Crippen MR) is 109 cm³/mol. The first-order valence-electron chi connectivity index (χ1n) is 8.70. The van der Waals surface area contributed by atoms with Gasteiger partial charge in [0.25, 0.3) is 0 Å². The molecule has 2 saturated heterocycles. The second-order valence-electron chi connectivity index (χ2n) is 6.66. The second-order valence-corrected chi connectivity index (χ2v) is 10.4. The molecule has 0 N–H and O–H groups in total. The molecule has 142 valence electrons. The molecule has 2 aliphatic heterocycles. The van der Waals surface area contributed by atoms with E-state index in [1.54, 1.807) is 54.2 Å². The fraction of sp³-hybridized carbons (Fsp3) is 0.316. The Morgan fingerprint density at radius 2 is 1.59 bits per heavy atom. The normalized spacial score (nSPS) is 20.3. The lowest BCUT2D eigenvalue weighted by molar-refractivity contribution is -0.116. The molecule has 0 aliphatic carbocycles. The molecule has 0 atom stereocenters. The van der Waals surface area contributed by atoms with Crippen molar-refractivity contribution in [2.24, 2.45) is 0 Å². The van der Waals surface area contributed by atoms with E-state index in [4.69, 9.17) is 11.6 Å². The van der Waals surface area contributed by atoms with Gasteiger partial charge >= 0.3 is 0 Å². The van der Waals surface area contributed by atoms with E-state index in [-0.39, 0.29) is 5.91 Å². The lowest BCUT2D eigenvalue weighted by Crippen LogP contribution is -2.53. The maximum absolute atomic E-state index is 12.9. The molecule has 0 aromatic heterocycles. The number of amides is 1. The molecule has 2 heterocycles. The number of piperidine rings is 1. The molecule has 8 heteroatoms. The molecule has 1 spiro atoms. The molecule has 4 rings (SSSR count). The van der Waals surface area contributed by atoms with E-state index in [0.717, 1.165) is 5.69 Å². The zero-order valence-electron chi connectivity index (χ0n) is 14.5. The van der Waals surface area contributed by atoms with Crippen LogP contribution in [0.4, 0.5) is 5.69 Å². The zero-order valence-corrected chi connectivity index (χ0v) is 16.9. The van der Waals surface area contributed by atoms with Crippen molar-refractivity contribution in [2.45, 2.75) is 22.6 Å². The Morgan fingerprint density at radius 3 is 2.22 bits per heavy atom. The van der Waals surface area contributed by atoms with E-state index in [1.165, 1.54) is 4.31 Å². The highest BCUT2D eigenvalue weighted by molar-refractivity contribution is 8.02.